The fourth-order valence-electron chi connectivity index (χ4n) is 1.99. The van der Waals surface area contributed by atoms with Gasteiger partial charge in [0.05, 0.1) is 0 Å². The van der Waals surface area contributed by atoms with Gasteiger partial charge in [-0.25, -0.2) is 0 Å². The minimum absolute atomic E-state index is 0.224. The fraction of sp³-hybridized carbons (Fsp3) is 0.167. The van der Waals surface area contributed by atoms with E-state index in [2.05, 4.69) is 30.4 Å². The maximum atomic E-state index is 5.77. The Bertz CT molecular complexity index is 390. The van der Waals surface area contributed by atoms with Gasteiger partial charge in [0.25, 0.3) is 0 Å². The number of ether oxygens (including phenoxy) is 1. The van der Waals surface area contributed by atoms with Gasteiger partial charge in [0.2, 0.25) is 0 Å². The van der Waals surface area contributed by atoms with Crippen molar-refractivity contribution in [2.24, 2.45) is 0 Å². The van der Waals surface area contributed by atoms with Crippen LogP contribution in [0.15, 0.2) is 48.6 Å². The molecule has 1 heterocycles. The molecule has 0 fully saturated rings. The Hall–Kier alpha value is -1.50. The highest BCUT2D eigenvalue weighted by atomic mass is 16.5. The molecule has 0 aromatic heterocycles. The Kier molecular flexibility index (Phi) is 1.33. The van der Waals surface area contributed by atoms with Crippen LogP contribution in [0, 0.1) is 0 Å². The highest BCUT2D eigenvalue weighted by Crippen LogP contribution is 2.40. The molecule has 0 N–H and O–H groups in total. The van der Waals surface area contributed by atoms with Crippen LogP contribution in [0.4, 0.5) is 0 Å². The molecule has 0 spiro atoms. The van der Waals surface area contributed by atoms with Crippen molar-refractivity contribution in [2.45, 2.75) is 12.0 Å². The van der Waals surface area contributed by atoms with Crippen molar-refractivity contribution in [2.75, 3.05) is 0 Å². The van der Waals surface area contributed by atoms with E-state index in [0.29, 0.717) is 5.92 Å². The van der Waals surface area contributed by atoms with Crippen molar-refractivity contribution in [1.29, 1.82) is 0 Å². The molecule has 2 aliphatic rings. The number of hydrogen-bond donors (Lipinski definition) is 0. The van der Waals surface area contributed by atoms with E-state index in [0.717, 1.165) is 5.75 Å². The summed E-state index contributed by atoms with van der Waals surface area (Å²) in [5.41, 5.74) is 1.31. The van der Waals surface area contributed by atoms with Gasteiger partial charge in [-0.2, -0.15) is 0 Å². The average Bonchev–Trinajstić information content (AvgIpc) is 2.56. The van der Waals surface area contributed by atoms with Crippen LogP contribution < -0.4 is 4.74 Å². The predicted octanol–water partition coefficient (Wildman–Crippen LogP) is 2.66. The lowest BCUT2D eigenvalue weighted by Gasteiger charge is -2.13. The first-order valence-electron chi connectivity index (χ1n) is 4.56. The maximum Gasteiger partial charge on any atom is 0.128 e. The normalized spacial score (nSPS) is 28.0. The lowest BCUT2D eigenvalue weighted by atomic mass is 9.92. The minimum Gasteiger partial charge on any atom is -0.485 e. The molecular weight excluding hydrogens is 160 g/mol. The standard InChI is InChI=1S/C12H10O/c1-3-7-11-9(5-1)10-6-2-4-8-12(10)13-11/h1-9,11H. The van der Waals surface area contributed by atoms with Crippen LogP contribution in [0.2, 0.25) is 0 Å². The molecule has 1 aromatic rings. The summed E-state index contributed by atoms with van der Waals surface area (Å²) in [4.78, 5) is 0. The minimum atomic E-state index is 0.224. The third kappa shape index (κ3) is 0.934. The van der Waals surface area contributed by atoms with Crippen molar-refractivity contribution in [3.05, 3.63) is 54.1 Å². The molecule has 0 saturated carbocycles. The molecule has 1 aliphatic heterocycles. The van der Waals surface area contributed by atoms with Gasteiger partial charge in [0.1, 0.15) is 11.9 Å². The summed E-state index contributed by atoms with van der Waals surface area (Å²) in [6.07, 6.45) is 8.68. The molecule has 0 radical (unpaired) electrons. The first kappa shape index (κ1) is 6.96. The number of fused-ring (bicyclic) bond motifs is 3. The predicted molar refractivity (Wildman–Crippen MR) is 51.9 cm³/mol. The quantitative estimate of drug-likeness (QED) is 0.581. The summed E-state index contributed by atoms with van der Waals surface area (Å²) >= 11 is 0. The summed E-state index contributed by atoms with van der Waals surface area (Å²) in [7, 11) is 0. The van der Waals surface area contributed by atoms with E-state index in [9.17, 15) is 0 Å². The lowest BCUT2D eigenvalue weighted by molar-refractivity contribution is 0.269. The molecule has 1 nitrogen and oxygen atoms in total. The highest BCUT2D eigenvalue weighted by molar-refractivity contribution is 5.46. The van der Waals surface area contributed by atoms with E-state index in [4.69, 9.17) is 4.74 Å². The Morgan fingerprint density at radius 3 is 2.85 bits per heavy atom. The Morgan fingerprint density at radius 1 is 1.00 bits per heavy atom. The molecule has 13 heavy (non-hydrogen) atoms. The third-order valence-corrected chi connectivity index (χ3v) is 2.63. The van der Waals surface area contributed by atoms with Crippen molar-refractivity contribution >= 4 is 0 Å². The number of rotatable bonds is 0. The van der Waals surface area contributed by atoms with E-state index in [-0.39, 0.29) is 6.10 Å². The Labute approximate surface area is 77.3 Å². The summed E-state index contributed by atoms with van der Waals surface area (Å²) in [5.74, 6) is 1.47. The van der Waals surface area contributed by atoms with Crippen LogP contribution >= 0.6 is 0 Å². The van der Waals surface area contributed by atoms with Gasteiger partial charge in [0, 0.05) is 11.5 Å². The van der Waals surface area contributed by atoms with Gasteiger partial charge in [-0.05, 0) is 12.1 Å². The highest BCUT2D eigenvalue weighted by Gasteiger charge is 2.30. The first-order chi connectivity index (χ1) is 6.45. The van der Waals surface area contributed by atoms with Crippen molar-refractivity contribution in [3.63, 3.8) is 0 Å². The van der Waals surface area contributed by atoms with Gasteiger partial charge in [-0.15, -0.1) is 0 Å². The van der Waals surface area contributed by atoms with Gasteiger partial charge in [-0.3, -0.25) is 0 Å². The summed E-state index contributed by atoms with van der Waals surface area (Å²) in [6, 6.07) is 8.26. The zero-order valence-electron chi connectivity index (χ0n) is 7.18. The van der Waals surface area contributed by atoms with E-state index < -0.39 is 0 Å². The van der Waals surface area contributed by atoms with Crippen LogP contribution in [-0.4, -0.2) is 6.10 Å². The molecule has 1 aromatic carbocycles. The summed E-state index contributed by atoms with van der Waals surface area (Å²) < 4.78 is 5.77. The molecule has 0 saturated heterocycles. The van der Waals surface area contributed by atoms with Crippen LogP contribution in [0.1, 0.15) is 11.5 Å². The molecular formula is C12H10O. The molecule has 1 heteroatoms. The Morgan fingerprint density at radius 2 is 1.85 bits per heavy atom. The van der Waals surface area contributed by atoms with Crippen molar-refractivity contribution in [3.8, 4) is 5.75 Å². The van der Waals surface area contributed by atoms with E-state index in [1.54, 1.807) is 0 Å². The van der Waals surface area contributed by atoms with Crippen molar-refractivity contribution < 1.29 is 4.74 Å². The molecule has 2 unspecified atom stereocenters. The van der Waals surface area contributed by atoms with E-state index >= 15 is 0 Å². The number of benzene rings is 1. The largest absolute Gasteiger partial charge is 0.485 e. The Balaban J connectivity index is 2.12. The monoisotopic (exact) mass is 170 g/mol. The van der Waals surface area contributed by atoms with Crippen LogP contribution in [0.25, 0.3) is 0 Å². The topological polar surface area (TPSA) is 9.23 Å². The van der Waals surface area contributed by atoms with Crippen LogP contribution in [0.3, 0.4) is 0 Å². The molecule has 1 aliphatic carbocycles. The van der Waals surface area contributed by atoms with Crippen molar-refractivity contribution in [1.82, 2.24) is 0 Å². The van der Waals surface area contributed by atoms with Crippen LogP contribution in [0.5, 0.6) is 5.75 Å². The number of para-hydroxylation sites is 1. The van der Waals surface area contributed by atoms with Crippen LogP contribution in [-0.2, 0) is 0 Å². The van der Waals surface area contributed by atoms with Gasteiger partial charge in [-0.1, -0.05) is 36.4 Å². The van der Waals surface area contributed by atoms with Gasteiger partial charge < -0.3 is 4.74 Å². The molecule has 64 valence electrons. The smallest absolute Gasteiger partial charge is 0.128 e. The second kappa shape index (κ2) is 2.49. The number of hydrogen-bond acceptors (Lipinski definition) is 1. The SMILES string of the molecule is C1=CC2Oc3ccccc3C2C=C1. The number of allylic oxidation sites excluding steroid dienone is 2. The second-order valence-electron chi connectivity index (χ2n) is 3.42. The molecule has 3 rings (SSSR count). The third-order valence-electron chi connectivity index (χ3n) is 2.63. The lowest BCUT2D eigenvalue weighted by Crippen LogP contribution is -2.15. The maximum absolute atomic E-state index is 5.77. The molecule has 0 bridgehead atoms. The second-order valence-corrected chi connectivity index (χ2v) is 3.42. The van der Waals surface area contributed by atoms with Gasteiger partial charge in [0.15, 0.2) is 0 Å². The summed E-state index contributed by atoms with van der Waals surface area (Å²) in [6.45, 7) is 0. The average molecular weight is 170 g/mol. The van der Waals surface area contributed by atoms with E-state index in [1.807, 2.05) is 18.2 Å². The fourth-order valence-corrected chi connectivity index (χ4v) is 1.99. The molecule has 0 amide bonds. The summed E-state index contributed by atoms with van der Waals surface area (Å²) in [5, 5.41) is 0. The first-order valence-corrected chi connectivity index (χ1v) is 4.56. The van der Waals surface area contributed by atoms with E-state index in [1.165, 1.54) is 5.56 Å². The molecule has 2 atom stereocenters. The zero-order valence-corrected chi connectivity index (χ0v) is 7.18. The van der Waals surface area contributed by atoms with Gasteiger partial charge >= 0.3 is 0 Å². The zero-order chi connectivity index (χ0) is 8.67.